The molecule has 0 radical (unpaired) electrons. The smallest absolute Gasteiger partial charge is 0.315 e. The Kier molecular flexibility index (Phi) is 8.85. The molecule has 1 saturated carbocycles. The molecule has 1 aliphatic rings. The SMILES string of the molecule is C/C=C/CCC1CCC(c2ccc(COC(F)(F)Cc3ccc(C(F)(F)F)c(F)c3)cc2)CC1. The van der Waals surface area contributed by atoms with Crippen molar-refractivity contribution >= 4 is 0 Å². The van der Waals surface area contributed by atoms with Gasteiger partial charge in [-0.05, 0) is 86.1 Å². The van der Waals surface area contributed by atoms with Crippen LogP contribution in [-0.4, -0.2) is 6.11 Å². The molecule has 34 heavy (non-hydrogen) atoms. The molecule has 0 N–H and O–H groups in total. The van der Waals surface area contributed by atoms with Gasteiger partial charge in [-0.1, -0.05) is 42.5 Å². The van der Waals surface area contributed by atoms with Crippen molar-refractivity contribution in [2.45, 2.75) is 76.7 Å². The lowest BCUT2D eigenvalue weighted by Gasteiger charge is -2.28. The summed E-state index contributed by atoms with van der Waals surface area (Å²) in [7, 11) is 0. The van der Waals surface area contributed by atoms with Crippen molar-refractivity contribution in [1.82, 2.24) is 0 Å². The molecule has 7 heteroatoms. The van der Waals surface area contributed by atoms with Gasteiger partial charge in [0.2, 0.25) is 0 Å². The highest BCUT2D eigenvalue weighted by atomic mass is 19.4. The highest BCUT2D eigenvalue weighted by Gasteiger charge is 2.35. The van der Waals surface area contributed by atoms with Crippen molar-refractivity contribution in [1.29, 1.82) is 0 Å². The van der Waals surface area contributed by atoms with Crippen molar-refractivity contribution in [3.8, 4) is 0 Å². The minimum atomic E-state index is -4.88. The molecule has 0 bridgehead atoms. The summed E-state index contributed by atoms with van der Waals surface area (Å²) >= 11 is 0. The lowest BCUT2D eigenvalue weighted by atomic mass is 9.77. The van der Waals surface area contributed by atoms with Crippen molar-refractivity contribution in [3.05, 3.63) is 82.7 Å². The quantitative estimate of drug-likeness (QED) is 0.255. The first kappa shape index (κ1) is 26.3. The molecule has 0 aliphatic heterocycles. The Hall–Kier alpha value is -2.28. The molecule has 3 rings (SSSR count). The number of allylic oxidation sites excluding steroid dienone is 2. The van der Waals surface area contributed by atoms with Crippen LogP contribution in [0.3, 0.4) is 0 Å². The molecule has 186 valence electrons. The molecule has 0 saturated heterocycles. The van der Waals surface area contributed by atoms with E-state index in [0.29, 0.717) is 23.6 Å². The van der Waals surface area contributed by atoms with Gasteiger partial charge in [0.05, 0.1) is 18.6 Å². The van der Waals surface area contributed by atoms with Gasteiger partial charge < -0.3 is 4.74 Å². The van der Waals surface area contributed by atoms with Crippen LogP contribution in [0.2, 0.25) is 0 Å². The van der Waals surface area contributed by atoms with Crippen molar-refractivity contribution in [2.75, 3.05) is 0 Å². The van der Waals surface area contributed by atoms with Crippen LogP contribution in [0, 0.1) is 11.7 Å². The highest BCUT2D eigenvalue weighted by Crippen LogP contribution is 2.38. The average Bonchev–Trinajstić information content (AvgIpc) is 2.78. The molecule has 1 nitrogen and oxygen atoms in total. The Bertz CT molecular complexity index is 941. The van der Waals surface area contributed by atoms with Crippen LogP contribution in [0.5, 0.6) is 0 Å². The zero-order valence-electron chi connectivity index (χ0n) is 19.2. The van der Waals surface area contributed by atoms with E-state index in [1.807, 2.05) is 19.1 Å². The normalized spacial score (nSPS) is 19.6. The number of halogens is 6. The molecule has 2 aromatic carbocycles. The number of rotatable bonds is 9. The third kappa shape index (κ3) is 7.62. The summed E-state index contributed by atoms with van der Waals surface area (Å²) in [6.07, 6.45) is 1.75. The lowest BCUT2D eigenvalue weighted by molar-refractivity contribution is -0.244. The summed E-state index contributed by atoms with van der Waals surface area (Å²) in [5.74, 6) is -0.340. The van der Waals surface area contributed by atoms with Gasteiger partial charge in [-0.25, -0.2) is 4.39 Å². The van der Waals surface area contributed by atoms with Crippen LogP contribution in [0.25, 0.3) is 0 Å². The maximum atomic E-state index is 14.2. The van der Waals surface area contributed by atoms with Crippen molar-refractivity contribution < 1.29 is 31.1 Å². The number of ether oxygens (including phenoxy) is 1. The van der Waals surface area contributed by atoms with Gasteiger partial charge in [-0.15, -0.1) is 0 Å². The first-order valence-electron chi connectivity index (χ1n) is 11.6. The number of benzene rings is 2. The molecule has 1 aliphatic carbocycles. The van der Waals surface area contributed by atoms with E-state index in [2.05, 4.69) is 12.2 Å². The molecule has 0 aromatic heterocycles. The minimum absolute atomic E-state index is 0.271. The third-order valence-electron chi connectivity index (χ3n) is 6.47. The Morgan fingerprint density at radius 3 is 2.15 bits per heavy atom. The summed E-state index contributed by atoms with van der Waals surface area (Å²) in [6, 6.07) is 9.22. The Morgan fingerprint density at radius 1 is 0.912 bits per heavy atom. The summed E-state index contributed by atoms with van der Waals surface area (Å²) in [5, 5.41) is 0. The van der Waals surface area contributed by atoms with E-state index >= 15 is 0 Å². The van der Waals surface area contributed by atoms with E-state index in [1.165, 1.54) is 24.8 Å². The second-order valence-electron chi connectivity index (χ2n) is 9.02. The van der Waals surface area contributed by atoms with Gasteiger partial charge in [0.25, 0.3) is 0 Å². The summed E-state index contributed by atoms with van der Waals surface area (Å²) < 4.78 is 84.7. The van der Waals surface area contributed by atoms with E-state index in [4.69, 9.17) is 4.74 Å². The van der Waals surface area contributed by atoms with E-state index < -0.39 is 30.1 Å². The monoisotopic (exact) mass is 484 g/mol. The molecule has 0 heterocycles. The van der Waals surface area contributed by atoms with E-state index in [-0.39, 0.29) is 12.2 Å². The molecule has 0 atom stereocenters. The molecular formula is C27H30F6O. The fraction of sp³-hybridized carbons (Fsp3) is 0.481. The molecule has 0 unspecified atom stereocenters. The van der Waals surface area contributed by atoms with Crippen molar-refractivity contribution in [3.63, 3.8) is 0 Å². The fourth-order valence-electron chi connectivity index (χ4n) is 4.55. The van der Waals surface area contributed by atoms with E-state index in [1.54, 1.807) is 12.1 Å². The topological polar surface area (TPSA) is 9.23 Å². The lowest BCUT2D eigenvalue weighted by Crippen LogP contribution is -2.24. The van der Waals surface area contributed by atoms with Gasteiger partial charge >= 0.3 is 12.3 Å². The first-order chi connectivity index (χ1) is 16.1. The molecule has 0 spiro atoms. The van der Waals surface area contributed by atoms with Crippen LogP contribution in [0.4, 0.5) is 26.3 Å². The number of hydrogen-bond donors (Lipinski definition) is 0. The van der Waals surface area contributed by atoms with Crippen LogP contribution < -0.4 is 0 Å². The predicted molar refractivity (Wildman–Crippen MR) is 120 cm³/mol. The molecule has 0 amide bonds. The second kappa shape index (κ2) is 11.4. The second-order valence-corrected chi connectivity index (χ2v) is 9.02. The largest absolute Gasteiger partial charge is 0.419 e. The number of alkyl halides is 5. The van der Waals surface area contributed by atoms with Crippen LogP contribution >= 0.6 is 0 Å². The Labute approximate surface area is 196 Å². The minimum Gasteiger partial charge on any atom is -0.315 e. The van der Waals surface area contributed by atoms with Crippen LogP contribution in [-0.2, 0) is 23.9 Å². The summed E-state index contributed by atoms with van der Waals surface area (Å²) in [6.45, 7) is 1.68. The zero-order valence-corrected chi connectivity index (χ0v) is 19.2. The van der Waals surface area contributed by atoms with Crippen LogP contribution in [0.15, 0.2) is 54.6 Å². The number of hydrogen-bond acceptors (Lipinski definition) is 1. The Balaban J connectivity index is 1.49. The van der Waals surface area contributed by atoms with Gasteiger partial charge in [-0.3, -0.25) is 0 Å². The maximum Gasteiger partial charge on any atom is 0.419 e. The molecule has 2 aromatic rings. The first-order valence-corrected chi connectivity index (χ1v) is 11.6. The predicted octanol–water partition coefficient (Wildman–Crippen LogP) is 8.83. The van der Waals surface area contributed by atoms with Gasteiger partial charge in [0, 0.05) is 0 Å². The van der Waals surface area contributed by atoms with Crippen molar-refractivity contribution in [2.24, 2.45) is 5.92 Å². The zero-order chi connectivity index (χ0) is 24.8. The fourth-order valence-corrected chi connectivity index (χ4v) is 4.55. The van der Waals surface area contributed by atoms with Gasteiger partial charge in [0.15, 0.2) is 0 Å². The third-order valence-corrected chi connectivity index (χ3v) is 6.47. The standard InChI is InChI=1S/C27H30F6O/c1-2-3-4-5-19-6-11-22(12-7-19)23-13-8-20(9-14-23)18-34-26(29,30)17-21-10-15-24(25(28)16-21)27(31,32)33/h2-3,8-10,13-16,19,22H,4-7,11-12,17-18H2,1H3/b3-2+. The Morgan fingerprint density at radius 2 is 1.56 bits per heavy atom. The summed E-state index contributed by atoms with van der Waals surface area (Å²) in [4.78, 5) is 0. The molecule has 1 fully saturated rings. The highest BCUT2D eigenvalue weighted by molar-refractivity contribution is 5.27. The summed E-state index contributed by atoms with van der Waals surface area (Å²) in [5.41, 5.74) is 0.0135. The van der Waals surface area contributed by atoms with Crippen LogP contribution in [0.1, 0.15) is 73.6 Å². The van der Waals surface area contributed by atoms with Gasteiger partial charge in [-0.2, -0.15) is 22.0 Å². The van der Waals surface area contributed by atoms with E-state index in [9.17, 15) is 26.3 Å². The van der Waals surface area contributed by atoms with E-state index in [0.717, 1.165) is 31.2 Å². The van der Waals surface area contributed by atoms with Gasteiger partial charge in [0.1, 0.15) is 5.82 Å². The average molecular weight is 485 g/mol. The maximum absolute atomic E-state index is 14.2. The molecular weight excluding hydrogens is 454 g/mol.